The lowest BCUT2D eigenvalue weighted by molar-refractivity contribution is 0.102. The van der Waals surface area contributed by atoms with E-state index in [-0.39, 0.29) is 5.91 Å². The molecule has 0 unspecified atom stereocenters. The number of nitrogens with zero attached hydrogens (tertiary/aromatic N) is 3. The summed E-state index contributed by atoms with van der Waals surface area (Å²) < 4.78 is 0. The lowest BCUT2D eigenvalue weighted by Crippen LogP contribution is -2.15. The molecule has 128 valence electrons. The summed E-state index contributed by atoms with van der Waals surface area (Å²) >= 11 is 1.49. The molecule has 3 heterocycles. The van der Waals surface area contributed by atoms with Gasteiger partial charge in [-0.05, 0) is 44.0 Å². The van der Waals surface area contributed by atoms with Gasteiger partial charge in [0.2, 0.25) is 0 Å². The van der Waals surface area contributed by atoms with Crippen molar-refractivity contribution in [2.24, 2.45) is 0 Å². The smallest absolute Gasteiger partial charge is 0.278 e. The van der Waals surface area contributed by atoms with Crippen LogP contribution in [0.1, 0.15) is 34.5 Å². The molecule has 0 radical (unpaired) electrons. The number of amides is 1. The molecular formula is C18H19N5OS. The first-order chi connectivity index (χ1) is 12.2. The number of carbonyl (C=O) groups is 1. The van der Waals surface area contributed by atoms with Crippen LogP contribution >= 0.6 is 11.3 Å². The van der Waals surface area contributed by atoms with E-state index in [1.54, 1.807) is 18.5 Å². The minimum Gasteiger partial charge on any atom is -0.344 e. The lowest BCUT2D eigenvalue weighted by atomic mass is 10.3. The van der Waals surface area contributed by atoms with Crippen LogP contribution in [-0.2, 0) is 6.42 Å². The van der Waals surface area contributed by atoms with Crippen LogP contribution in [0.4, 0.5) is 16.5 Å². The molecule has 0 fully saturated rings. The zero-order valence-corrected chi connectivity index (χ0v) is 14.9. The largest absolute Gasteiger partial charge is 0.344 e. The van der Waals surface area contributed by atoms with Crippen molar-refractivity contribution in [3.05, 3.63) is 59.1 Å². The second-order valence-corrected chi connectivity index (χ2v) is 6.60. The Bertz CT molecular complexity index is 863. The second kappa shape index (κ2) is 7.85. The number of rotatable bonds is 6. The van der Waals surface area contributed by atoms with E-state index in [9.17, 15) is 4.79 Å². The first-order valence-corrected chi connectivity index (χ1v) is 8.89. The van der Waals surface area contributed by atoms with Crippen LogP contribution in [0.3, 0.4) is 0 Å². The number of hydrogen-bond acceptors (Lipinski definition) is 6. The number of hydrogen-bond donors (Lipinski definition) is 2. The molecule has 0 atom stereocenters. The quantitative estimate of drug-likeness (QED) is 0.694. The first-order valence-electron chi connectivity index (χ1n) is 8.07. The number of thiazole rings is 1. The van der Waals surface area contributed by atoms with E-state index >= 15 is 0 Å². The summed E-state index contributed by atoms with van der Waals surface area (Å²) in [5.41, 5.74) is 2.04. The van der Waals surface area contributed by atoms with E-state index in [1.165, 1.54) is 11.3 Å². The monoisotopic (exact) mass is 353 g/mol. The molecule has 0 aromatic carbocycles. The molecule has 3 rings (SSSR count). The van der Waals surface area contributed by atoms with Crippen molar-refractivity contribution < 1.29 is 4.79 Å². The molecule has 0 saturated carbocycles. The first kappa shape index (κ1) is 17.0. The Kier molecular flexibility index (Phi) is 5.35. The number of pyridine rings is 2. The summed E-state index contributed by atoms with van der Waals surface area (Å²) in [5.74, 6) is 0.241. The topological polar surface area (TPSA) is 79.8 Å². The van der Waals surface area contributed by atoms with Crippen molar-refractivity contribution in [2.75, 3.05) is 10.6 Å². The fourth-order valence-electron chi connectivity index (χ4n) is 2.28. The molecule has 0 aliphatic rings. The van der Waals surface area contributed by atoms with Crippen LogP contribution in [0.25, 0.3) is 0 Å². The van der Waals surface area contributed by atoms with Gasteiger partial charge in [0, 0.05) is 11.9 Å². The van der Waals surface area contributed by atoms with Crippen molar-refractivity contribution in [3.63, 3.8) is 0 Å². The standard InChI is InChI=1S/C18H19N5OS/c1-3-6-15-23-16(17(24)22-14-9-4-7-12(2)20-14)18(25-15)21-13-8-5-10-19-11-13/h4-5,7-11,21H,3,6H2,1-2H3,(H,20,22,24). The SMILES string of the molecule is CCCc1nc(C(=O)Nc2cccc(C)n2)c(Nc2cccnc2)s1. The van der Waals surface area contributed by atoms with Crippen LogP contribution in [0.15, 0.2) is 42.7 Å². The summed E-state index contributed by atoms with van der Waals surface area (Å²) in [6.45, 7) is 3.97. The maximum Gasteiger partial charge on any atom is 0.278 e. The zero-order valence-electron chi connectivity index (χ0n) is 14.1. The van der Waals surface area contributed by atoms with Gasteiger partial charge in [-0.1, -0.05) is 13.0 Å². The highest BCUT2D eigenvalue weighted by molar-refractivity contribution is 7.16. The Labute approximate surface area is 150 Å². The van der Waals surface area contributed by atoms with Gasteiger partial charge in [-0.3, -0.25) is 9.78 Å². The molecule has 6 nitrogen and oxygen atoms in total. The summed E-state index contributed by atoms with van der Waals surface area (Å²) in [6.07, 6.45) is 5.23. The molecular weight excluding hydrogens is 334 g/mol. The van der Waals surface area contributed by atoms with Crippen LogP contribution < -0.4 is 10.6 Å². The molecule has 0 spiro atoms. The minimum absolute atomic E-state index is 0.275. The van der Waals surface area contributed by atoms with Crippen molar-refractivity contribution >= 4 is 33.8 Å². The maximum atomic E-state index is 12.7. The molecule has 0 aliphatic carbocycles. The Morgan fingerprint density at radius 1 is 1.20 bits per heavy atom. The number of aryl methyl sites for hydroxylation is 2. The van der Waals surface area contributed by atoms with E-state index in [1.807, 2.05) is 31.2 Å². The van der Waals surface area contributed by atoms with Crippen molar-refractivity contribution in [1.82, 2.24) is 15.0 Å². The van der Waals surface area contributed by atoms with Gasteiger partial charge in [-0.15, -0.1) is 11.3 Å². The van der Waals surface area contributed by atoms with E-state index in [0.717, 1.165) is 29.2 Å². The molecule has 1 amide bonds. The van der Waals surface area contributed by atoms with Gasteiger partial charge in [0.1, 0.15) is 10.8 Å². The van der Waals surface area contributed by atoms with E-state index in [0.29, 0.717) is 16.5 Å². The van der Waals surface area contributed by atoms with Crippen molar-refractivity contribution in [2.45, 2.75) is 26.7 Å². The van der Waals surface area contributed by atoms with Gasteiger partial charge in [-0.25, -0.2) is 9.97 Å². The van der Waals surface area contributed by atoms with Gasteiger partial charge >= 0.3 is 0 Å². The molecule has 0 saturated heterocycles. The Balaban J connectivity index is 1.86. The predicted molar refractivity (Wildman–Crippen MR) is 101 cm³/mol. The highest BCUT2D eigenvalue weighted by Gasteiger charge is 2.19. The summed E-state index contributed by atoms with van der Waals surface area (Å²) in [6, 6.07) is 9.24. The Morgan fingerprint density at radius 2 is 2.08 bits per heavy atom. The molecule has 0 bridgehead atoms. The van der Waals surface area contributed by atoms with Crippen molar-refractivity contribution in [3.8, 4) is 0 Å². The predicted octanol–water partition coefficient (Wildman–Crippen LogP) is 4.19. The molecule has 3 aromatic rings. The fourth-order valence-corrected chi connectivity index (χ4v) is 3.36. The summed E-state index contributed by atoms with van der Waals surface area (Å²) in [7, 11) is 0. The zero-order chi connectivity index (χ0) is 17.6. The Morgan fingerprint density at radius 3 is 2.80 bits per heavy atom. The number of aromatic nitrogens is 3. The Hall–Kier alpha value is -2.80. The van der Waals surface area contributed by atoms with Gasteiger partial charge in [0.05, 0.1) is 16.9 Å². The molecule has 7 heteroatoms. The highest BCUT2D eigenvalue weighted by atomic mass is 32.1. The average Bonchev–Trinajstić information content (AvgIpc) is 2.99. The summed E-state index contributed by atoms with van der Waals surface area (Å²) in [4.78, 5) is 25.6. The third-order valence-electron chi connectivity index (χ3n) is 3.40. The lowest BCUT2D eigenvalue weighted by Gasteiger charge is -2.07. The number of carbonyl (C=O) groups excluding carboxylic acids is 1. The number of nitrogens with one attached hydrogen (secondary N) is 2. The van der Waals surface area contributed by atoms with Crippen LogP contribution in [0.5, 0.6) is 0 Å². The highest BCUT2D eigenvalue weighted by Crippen LogP contribution is 2.29. The number of anilines is 3. The minimum atomic E-state index is -0.275. The molecule has 2 N–H and O–H groups in total. The van der Waals surface area contributed by atoms with E-state index in [2.05, 4.69) is 32.5 Å². The van der Waals surface area contributed by atoms with Crippen LogP contribution in [-0.4, -0.2) is 20.9 Å². The van der Waals surface area contributed by atoms with E-state index < -0.39 is 0 Å². The van der Waals surface area contributed by atoms with Gasteiger partial charge in [0.25, 0.3) is 5.91 Å². The molecule has 3 aromatic heterocycles. The fraction of sp³-hybridized carbons (Fsp3) is 0.222. The third-order valence-corrected chi connectivity index (χ3v) is 4.43. The van der Waals surface area contributed by atoms with E-state index in [4.69, 9.17) is 0 Å². The van der Waals surface area contributed by atoms with Gasteiger partial charge in [-0.2, -0.15) is 0 Å². The van der Waals surface area contributed by atoms with Crippen molar-refractivity contribution in [1.29, 1.82) is 0 Å². The van der Waals surface area contributed by atoms with Crippen LogP contribution in [0.2, 0.25) is 0 Å². The van der Waals surface area contributed by atoms with Crippen LogP contribution in [0, 0.1) is 6.92 Å². The normalized spacial score (nSPS) is 10.5. The third kappa shape index (κ3) is 4.39. The van der Waals surface area contributed by atoms with Gasteiger partial charge in [0.15, 0.2) is 5.69 Å². The van der Waals surface area contributed by atoms with Gasteiger partial charge < -0.3 is 10.6 Å². The molecule has 0 aliphatic heterocycles. The molecule has 25 heavy (non-hydrogen) atoms. The average molecular weight is 353 g/mol. The summed E-state index contributed by atoms with van der Waals surface area (Å²) in [5, 5.41) is 7.70. The maximum absolute atomic E-state index is 12.7. The second-order valence-electron chi connectivity index (χ2n) is 5.52.